The summed E-state index contributed by atoms with van der Waals surface area (Å²) in [5, 5.41) is 4.81. The van der Waals surface area contributed by atoms with Crippen LogP contribution in [-0.2, 0) is 0 Å². The van der Waals surface area contributed by atoms with Crippen LogP contribution in [0.25, 0.3) is 98.5 Å². The molecule has 8 aromatic carbocycles. The number of hydrogen-bond donors (Lipinski definition) is 0. The Kier molecular flexibility index (Phi) is 7.67. The largest absolute Gasteiger partial charge is 0.208 e. The van der Waals surface area contributed by atoms with Crippen molar-refractivity contribution in [1.29, 1.82) is 0 Å². The van der Waals surface area contributed by atoms with Crippen molar-refractivity contribution in [2.75, 3.05) is 0 Å². The maximum absolute atomic E-state index is 5.33. The molecule has 4 heteroatoms. The Labute approximate surface area is 311 Å². The van der Waals surface area contributed by atoms with Crippen molar-refractivity contribution in [3.63, 3.8) is 0 Å². The van der Waals surface area contributed by atoms with Crippen LogP contribution in [0.5, 0.6) is 0 Å². The van der Waals surface area contributed by atoms with Crippen LogP contribution in [0.2, 0.25) is 0 Å². The van der Waals surface area contributed by atoms with Crippen LogP contribution >= 0.6 is 11.3 Å². The summed E-state index contributed by atoms with van der Waals surface area (Å²) < 4.78 is 2.42. The average molecular weight is 694 g/mol. The van der Waals surface area contributed by atoms with Gasteiger partial charge in [0.1, 0.15) is 0 Å². The van der Waals surface area contributed by atoms with E-state index in [1.165, 1.54) is 42.1 Å². The van der Waals surface area contributed by atoms with E-state index in [9.17, 15) is 0 Å². The van der Waals surface area contributed by atoms with Gasteiger partial charge in [-0.15, -0.1) is 11.3 Å². The third-order valence-corrected chi connectivity index (χ3v) is 11.2. The smallest absolute Gasteiger partial charge is 0.165 e. The predicted molar refractivity (Wildman–Crippen MR) is 223 cm³/mol. The normalized spacial score (nSPS) is 11.4. The molecule has 10 aromatic rings. The van der Waals surface area contributed by atoms with Crippen molar-refractivity contribution in [3.05, 3.63) is 188 Å². The van der Waals surface area contributed by atoms with E-state index >= 15 is 0 Å². The van der Waals surface area contributed by atoms with Gasteiger partial charge in [0.15, 0.2) is 17.5 Å². The van der Waals surface area contributed by atoms with Gasteiger partial charge in [-0.05, 0) is 62.4 Å². The minimum absolute atomic E-state index is 0.638. The van der Waals surface area contributed by atoms with Crippen LogP contribution in [0, 0.1) is 0 Å². The number of benzene rings is 8. The second-order valence-electron chi connectivity index (χ2n) is 13.2. The number of thiophene rings is 1. The van der Waals surface area contributed by atoms with Crippen LogP contribution in [0.1, 0.15) is 0 Å². The van der Waals surface area contributed by atoms with Gasteiger partial charge in [-0.1, -0.05) is 170 Å². The fourth-order valence-electron chi connectivity index (χ4n) is 7.45. The van der Waals surface area contributed by atoms with E-state index in [0.29, 0.717) is 17.5 Å². The van der Waals surface area contributed by atoms with Crippen molar-refractivity contribution in [2.24, 2.45) is 0 Å². The molecule has 0 N–H and O–H groups in total. The van der Waals surface area contributed by atoms with E-state index in [0.717, 1.165) is 38.9 Å². The molecule has 53 heavy (non-hydrogen) atoms. The Balaban J connectivity index is 1.22. The zero-order valence-electron chi connectivity index (χ0n) is 28.6. The Bertz CT molecular complexity index is 2950. The van der Waals surface area contributed by atoms with E-state index in [1.807, 2.05) is 18.2 Å². The summed E-state index contributed by atoms with van der Waals surface area (Å²) in [6.07, 6.45) is 0. The lowest BCUT2D eigenvalue weighted by molar-refractivity contribution is 1.08. The highest BCUT2D eigenvalue weighted by Crippen LogP contribution is 2.44. The van der Waals surface area contributed by atoms with Crippen LogP contribution in [-0.4, -0.2) is 15.0 Å². The maximum Gasteiger partial charge on any atom is 0.165 e. The molecule has 10 rings (SSSR count). The molecule has 0 fully saturated rings. The van der Waals surface area contributed by atoms with E-state index in [4.69, 9.17) is 15.0 Å². The van der Waals surface area contributed by atoms with Gasteiger partial charge in [-0.3, -0.25) is 0 Å². The van der Waals surface area contributed by atoms with Crippen LogP contribution in [0.15, 0.2) is 188 Å². The fraction of sp³-hybridized carbons (Fsp3) is 0. The zero-order chi connectivity index (χ0) is 35.1. The highest BCUT2D eigenvalue weighted by Gasteiger charge is 2.21. The lowest BCUT2D eigenvalue weighted by Gasteiger charge is -2.18. The number of fused-ring (bicyclic) bond motifs is 4. The minimum Gasteiger partial charge on any atom is -0.208 e. The van der Waals surface area contributed by atoms with Crippen LogP contribution < -0.4 is 0 Å². The van der Waals surface area contributed by atoms with E-state index in [-0.39, 0.29) is 0 Å². The number of hydrogen-bond acceptors (Lipinski definition) is 4. The monoisotopic (exact) mass is 693 g/mol. The van der Waals surface area contributed by atoms with Crippen molar-refractivity contribution in [2.45, 2.75) is 0 Å². The fourth-order valence-corrected chi connectivity index (χ4v) is 8.66. The predicted octanol–water partition coefficient (Wildman–Crippen LogP) is 13.4. The molecule has 0 aliphatic rings. The molecule has 0 amide bonds. The SMILES string of the molecule is c1ccc(-c2cccc(-c3ccc4ccccc4c3-c3ccccc3-c3nc(-c4ccccc4)nc(-c4cccc5c4sc4ccccc45)n3)c2)cc1. The summed E-state index contributed by atoms with van der Waals surface area (Å²) in [6, 6.07) is 66.3. The number of nitrogens with zero attached hydrogens (tertiary/aromatic N) is 3. The lowest BCUT2D eigenvalue weighted by atomic mass is 9.86. The first kappa shape index (κ1) is 31.0. The first-order valence-corrected chi connectivity index (χ1v) is 18.6. The Morgan fingerprint density at radius 1 is 0.321 bits per heavy atom. The molecular weight excluding hydrogens is 663 g/mol. The average Bonchev–Trinajstić information content (AvgIpc) is 3.63. The Hall–Kier alpha value is -6.75. The summed E-state index contributed by atoms with van der Waals surface area (Å²) in [6.45, 7) is 0. The topological polar surface area (TPSA) is 38.7 Å². The molecule has 2 heterocycles. The molecule has 0 radical (unpaired) electrons. The van der Waals surface area contributed by atoms with Gasteiger partial charge in [-0.25, -0.2) is 15.0 Å². The first-order chi connectivity index (χ1) is 26.3. The molecule has 0 spiro atoms. The summed E-state index contributed by atoms with van der Waals surface area (Å²) >= 11 is 1.79. The zero-order valence-corrected chi connectivity index (χ0v) is 29.5. The third kappa shape index (κ3) is 5.57. The van der Waals surface area contributed by atoms with Crippen molar-refractivity contribution in [3.8, 4) is 67.5 Å². The molecule has 2 aromatic heterocycles. The maximum atomic E-state index is 5.33. The molecule has 0 unspecified atom stereocenters. The third-order valence-electron chi connectivity index (χ3n) is 9.96. The van der Waals surface area contributed by atoms with Crippen LogP contribution in [0.4, 0.5) is 0 Å². The van der Waals surface area contributed by atoms with Gasteiger partial charge in [0.05, 0.1) is 0 Å². The van der Waals surface area contributed by atoms with E-state index < -0.39 is 0 Å². The van der Waals surface area contributed by atoms with Gasteiger partial charge in [0.25, 0.3) is 0 Å². The lowest BCUT2D eigenvalue weighted by Crippen LogP contribution is -2.01. The minimum atomic E-state index is 0.638. The summed E-state index contributed by atoms with van der Waals surface area (Å²) in [7, 11) is 0. The van der Waals surface area contributed by atoms with Gasteiger partial charge in [0.2, 0.25) is 0 Å². The standard InChI is InChI=1S/C49H31N3S/c1-3-15-32(16-4-1)35-20-13-21-36(31-35)38-30-29-33-17-7-8-22-37(33)45(38)40-24-9-10-25-42(40)48-50-47(34-18-5-2-6-19-34)51-49(52-48)43-27-14-26-41-39-23-11-12-28-44(39)53-46(41)43/h1-31H. The molecular formula is C49H31N3S. The van der Waals surface area contributed by atoms with Crippen molar-refractivity contribution >= 4 is 42.3 Å². The second kappa shape index (κ2) is 13.1. The molecule has 0 bridgehead atoms. The van der Waals surface area contributed by atoms with Crippen molar-refractivity contribution < 1.29 is 0 Å². The molecule has 3 nitrogen and oxygen atoms in total. The molecule has 248 valence electrons. The Morgan fingerprint density at radius 3 is 1.72 bits per heavy atom. The molecule has 0 saturated carbocycles. The molecule has 0 aliphatic carbocycles. The van der Waals surface area contributed by atoms with Gasteiger partial charge in [0, 0.05) is 36.9 Å². The second-order valence-corrected chi connectivity index (χ2v) is 14.2. The highest BCUT2D eigenvalue weighted by molar-refractivity contribution is 7.26. The molecule has 0 aliphatic heterocycles. The van der Waals surface area contributed by atoms with Crippen molar-refractivity contribution in [1.82, 2.24) is 15.0 Å². The van der Waals surface area contributed by atoms with Crippen LogP contribution in [0.3, 0.4) is 0 Å². The van der Waals surface area contributed by atoms with Gasteiger partial charge < -0.3 is 0 Å². The molecule has 0 atom stereocenters. The van der Waals surface area contributed by atoms with Gasteiger partial charge >= 0.3 is 0 Å². The summed E-state index contributed by atoms with van der Waals surface area (Å²) in [5.74, 6) is 1.95. The number of rotatable bonds is 6. The van der Waals surface area contributed by atoms with E-state index in [1.54, 1.807) is 11.3 Å². The van der Waals surface area contributed by atoms with E-state index in [2.05, 4.69) is 170 Å². The Morgan fingerprint density at radius 2 is 0.887 bits per heavy atom. The summed E-state index contributed by atoms with van der Waals surface area (Å²) in [4.78, 5) is 15.7. The van der Waals surface area contributed by atoms with Gasteiger partial charge in [-0.2, -0.15) is 0 Å². The highest BCUT2D eigenvalue weighted by atomic mass is 32.1. The first-order valence-electron chi connectivity index (χ1n) is 17.8. The molecule has 0 saturated heterocycles. The number of aromatic nitrogens is 3. The summed E-state index contributed by atoms with van der Waals surface area (Å²) in [5.41, 5.74) is 9.80. The quantitative estimate of drug-likeness (QED) is 0.174.